The zero-order valence-electron chi connectivity index (χ0n) is 28.4. The molecule has 0 radical (unpaired) electrons. The number of hydrogen-bond donors (Lipinski definition) is 0. The molecular formula is C48H41NO. The van der Waals surface area contributed by atoms with Gasteiger partial charge in [-0.25, -0.2) is 0 Å². The Kier molecular flexibility index (Phi) is 7.93. The van der Waals surface area contributed by atoms with Crippen LogP contribution in [-0.4, -0.2) is 0 Å². The van der Waals surface area contributed by atoms with Crippen molar-refractivity contribution in [3.63, 3.8) is 0 Å². The summed E-state index contributed by atoms with van der Waals surface area (Å²) >= 11 is 0. The molecule has 0 aliphatic heterocycles. The second-order valence-corrected chi connectivity index (χ2v) is 14.0. The molecule has 0 atom stereocenters. The molecule has 1 heterocycles. The summed E-state index contributed by atoms with van der Waals surface area (Å²) in [7, 11) is 0. The molecule has 0 bridgehead atoms. The molecule has 1 aliphatic carbocycles. The number of furan rings is 1. The standard InChI is InChI=1S/C48H41NO/c1-2-12-31-48(32-13-3-1,38-19-8-5-9-20-38)39-24-27-40(28-25-39)49(41-26-23-35-15-10-11-18-37(35)33-41)42-29-30-44-46(34-42)50-45-22-14-21-43(47(44)45)36-16-6-4-7-17-36/h4-11,14-30,33-34H,1-3,12-13,31-32H2. The van der Waals surface area contributed by atoms with Crippen LogP contribution in [0.4, 0.5) is 17.1 Å². The van der Waals surface area contributed by atoms with Gasteiger partial charge in [0.15, 0.2) is 0 Å². The van der Waals surface area contributed by atoms with Crippen LogP contribution in [0.1, 0.15) is 56.1 Å². The van der Waals surface area contributed by atoms with E-state index >= 15 is 0 Å². The second kappa shape index (κ2) is 13.0. The molecule has 8 aromatic rings. The van der Waals surface area contributed by atoms with Gasteiger partial charge < -0.3 is 9.32 Å². The molecule has 9 rings (SSSR count). The lowest BCUT2D eigenvalue weighted by molar-refractivity contribution is 0.366. The fourth-order valence-electron chi connectivity index (χ4n) is 8.51. The number of nitrogens with zero attached hydrogens (tertiary/aromatic N) is 1. The Morgan fingerprint density at radius 2 is 1.06 bits per heavy atom. The highest BCUT2D eigenvalue weighted by molar-refractivity contribution is 6.13. The first kappa shape index (κ1) is 30.5. The summed E-state index contributed by atoms with van der Waals surface area (Å²) in [6, 6.07) is 59.8. The molecule has 0 spiro atoms. The predicted octanol–water partition coefficient (Wildman–Crippen LogP) is 13.9. The average molecular weight is 648 g/mol. The summed E-state index contributed by atoms with van der Waals surface area (Å²) in [5.41, 5.74) is 10.4. The summed E-state index contributed by atoms with van der Waals surface area (Å²) in [5.74, 6) is 0. The summed E-state index contributed by atoms with van der Waals surface area (Å²) in [4.78, 5) is 2.38. The smallest absolute Gasteiger partial charge is 0.137 e. The lowest BCUT2D eigenvalue weighted by atomic mass is 9.67. The first-order chi connectivity index (χ1) is 24.8. The molecule has 0 amide bonds. The van der Waals surface area contributed by atoms with E-state index in [2.05, 4.69) is 169 Å². The Labute approximate surface area is 294 Å². The van der Waals surface area contributed by atoms with Crippen molar-refractivity contribution in [1.82, 2.24) is 0 Å². The summed E-state index contributed by atoms with van der Waals surface area (Å²) in [6.07, 6.45) is 8.91. The van der Waals surface area contributed by atoms with Gasteiger partial charge in [-0.05, 0) is 88.3 Å². The van der Waals surface area contributed by atoms with Crippen molar-refractivity contribution in [1.29, 1.82) is 0 Å². The van der Waals surface area contributed by atoms with Crippen molar-refractivity contribution >= 4 is 49.8 Å². The maximum absolute atomic E-state index is 6.60. The summed E-state index contributed by atoms with van der Waals surface area (Å²) < 4.78 is 6.60. The topological polar surface area (TPSA) is 16.4 Å². The van der Waals surface area contributed by atoms with Crippen LogP contribution < -0.4 is 4.90 Å². The fraction of sp³-hybridized carbons (Fsp3) is 0.167. The van der Waals surface area contributed by atoms with Gasteiger partial charge in [0.05, 0.1) is 0 Å². The number of rotatable bonds is 6. The minimum atomic E-state index is 0.0393. The van der Waals surface area contributed by atoms with Crippen molar-refractivity contribution < 1.29 is 4.42 Å². The molecule has 1 fully saturated rings. The van der Waals surface area contributed by atoms with E-state index in [9.17, 15) is 0 Å². The van der Waals surface area contributed by atoms with Gasteiger partial charge in [0.1, 0.15) is 11.2 Å². The number of benzene rings is 7. The van der Waals surface area contributed by atoms with Crippen LogP contribution in [0, 0.1) is 0 Å². The molecule has 2 heteroatoms. The molecule has 7 aromatic carbocycles. The van der Waals surface area contributed by atoms with Gasteiger partial charge >= 0.3 is 0 Å². The zero-order valence-corrected chi connectivity index (χ0v) is 28.4. The number of fused-ring (bicyclic) bond motifs is 4. The third kappa shape index (κ3) is 5.46. The maximum atomic E-state index is 6.60. The van der Waals surface area contributed by atoms with E-state index in [0.717, 1.165) is 39.0 Å². The van der Waals surface area contributed by atoms with E-state index in [1.54, 1.807) is 0 Å². The number of anilines is 3. The third-order valence-electron chi connectivity index (χ3n) is 11.0. The van der Waals surface area contributed by atoms with Crippen LogP contribution in [0.5, 0.6) is 0 Å². The quantitative estimate of drug-likeness (QED) is 0.179. The molecule has 0 N–H and O–H groups in total. The highest BCUT2D eigenvalue weighted by Crippen LogP contribution is 2.46. The zero-order chi connectivity index (χ0) is 33.3. The highest BCUT2D eigenvalue weighted by atomic mass is 16.3. The Hall–Kier alpha value is -5.60. The molecular weight excluding hydrogens is 607 g/mol. The Morgan fingerprint density at radius 1 is 0.440 bits per heavy atom. The molecule has 0 saturated heterocycles. The van der Waals surface area contributed by atoms with Gasteiger partial charge in [-0.3, -0.25) is 0 Å². The molecule has 2 nitrogen and oxygen atoms in total. The largest absolute Gasteiger partial charge is 0.456 e. The van der Waals surface area contributed by atoms with Gasteiger partial charge in [0.2, 0.25) is 0 Å². The van der Waals surface area contributed by atoms with E-state index in [0.29, 0.717) is 0 Å². The normalized spacial score (nSPS) is 14.8. The van der Waals surface area contributed by atoms with E-state index in [1.807, 2.05) is 0 Å². The second-order valence-electron chi connectivity index (χ2n) is 14.0. The molecule has 1 aliphatic rings. The molecule has 50 heavy (non-hydrogen) atoms. The van der Waals surface area contributed by atoms with Crippen LogP contribution in [0.3, 0.4) is 0 Å². The van der Waals surface area contributed by atoms with Crippen molar-refractivity contribution in [3.8, 4) is 11.1 Å². The summed E-state index contributed by atoms with van der Waals surface area (Å²) in [6.45, 7) is 0. The predicted molar refractivity (Wildman–Crippen MR) is 211 cm³/mol. The minimum Gasteiger partial charge on any atom is -0.456 e. The SMILES string of the molecule is c1ccc(-c2cccc3oc4cc(N(c5ccc(C6(c7ccccc7)CCCCCCC6)cc5)c5ccc6ccccc6c5)ccc4c23)cc1. The van der Waals surface area contributed by atoms with Crippen molar-refractivity contribution in [2.45, 2.75) is 50.4 Å². The van der Waals surface area contributed by atoms with Crippen LogP contribution in [-0.2, 0) is 5.41 Å². The first-order valence-electron chi connectivity index (χ1n) is 18.2. The van der Waals surface area contributed by atoms with Gasteiger partial charge in [-0.15, -0.1) is 0 Å². The Morgan fingerprint density at radius 3 is 1.84 bits per heavy atom. The van der Waals surface area contributed by atoms with Crippen LogP contribution >= 0.6 is 0 Å². The minimum absolute atomic E-state index is 0.0393. The van der Waals surface area contributed by atoms with Crippen molar-refractivity contribution in [3.05, 3.63) is 175 Å². The number of hydrogen-bond acceptors (Lipinski definition) is 2. The Balaban J connectivity index is 1.18. The van der Waals surface area contributed by atoms with Crippen LogP contribution in [0.2, 0.25) is 0 Å². The molecule has 1 saturated carbocycles. The van der Waals surface area contributed by atoms with Crippen LogP contribution in [0.15, 0.2) is 168 Å². The lowest BCUT2D eigenvalue weighted by Gasteiger charge is -2.37. The molecule has 244 valence electrons. The van der Waals surface area contributed by atoms with Crippen molar-refractivity contribution in [2.24, 2.45) is 0 Å². The Bertz CT molecular complexity index is 2400. The average Bonchev–Trinajstić information content (AvgIpc) is 3.54. The summed E-state index contributed by atoms with van der Waals surface area (Å²) in [5, 5.41) is 4.75. The van der Waals surface area contributed by atoms with Gasteiger partial charge in [-0.2, -0.15) is 0 Å². The molecule has 0 unspecified atom stereocenters. The highest BCUT2D eigenvalue weighted by Gasteiger charge is 2.34. The van der Waals surface area contributed by atoms with E-state index < -0.39 is 0 Å². The molecule has 1 aromatic heterocycles. The fourth-order valence-corrected chi connectivity index (χ4v) is 8.51. The monoisotopic (exact) mass is 647 g/mol. The van der Waals surface area contributed by atoms with E-state index in [4.69, 9.17) is 4.42 Å². The van der Waals surface area contributed by atoms with Crippen molar-refractivity contribution in [2.75, 3.05) is 4.90 Å². The van der Waals surface area contributed by atoms with Crippen LogP contribution in [0.25, 0.3) is 43.8 Å². The lowest BCUT2D eigenvalue weighted by Crippen LogP contribution is -2.29. The van der Waals surface area contributed by atoms with Gasteiger partial charge in [-0.1, -0.05) is 147 Å². The van der Waals surface area contributed by atoms with E-state index in [-0.39, 0.29) is 5.41 Å². The maximum Gasteiger partial charge on any atom is 0.137 e. The first-order valence-corrected chi connectivity index (χ1v) is 18.2. The van der Waals surface area contributed by atoms with E-state index in [1.165, 1.54) is 78.0 Å². The van der Waals surface area contributed by atoms with Gasteiger partial charge in [0, 0.05) is 39.3 Å². The van der Waals surface area contributed by atoms with Gasteiger partial charge in [0.25, 0.3) is 0 Å². The third-order valence-corrected chi connectivity index (χ3v) is 11.0.